The molecule has 0 bridgehead atoms. The number of hydrogen-bond acceptors (Lipinski definition) is 3. The molecule has 17 heavy (non-hydrogen) atoms. The molecule has 0 radical (unpaired) electrons. The quantitative estimate of drug-likeness (QED) is 0.849. The van der Waals surface area contributed by atoms with Crippen molar-refractivity contribution in [1.29, 1.82) is 0 Å². The van der Waals surface area contributed by atoms with Crippen LogP contribution < -0.4 is 11.1 Å². The van der Waals surface area contributed by atoms with Crippen LogP contribution in [0.3, 0.4) is 0 Å². The van der Waals surface area contributed by atoms with Crippen LogP contribution in [0.1, 0.15) is 32.4 Å². The van der Waals surface area contributed by atoms with Crippen molar-refractivity contribution in [3.05, 3.63) is 18.0 Å². The second-order valence-electron chi connectivity index (χ2n) is 4.73. The minimum Gasteiger partial charge on any atom is -0.349 e. The van der Waals surface area contributed by atoms with Gasteiger partial charge in [-0.1, -0.05) is 0 Å². The molecule has 6 heteroatoms. The van der Waals surface area contributed by atoms with Gasteiger partial charge in [0.15, 0.2) is 0 Å². The number of carbonyl (C=O) groups is 1. The van der Waals surface area contributed by atoms with Crippen molar-refractivity contribution in [3.63, 3.8) is 0 Å². The summed E-state index contributed by atoms with van der Waals surface area (Å²) in [5, 5.41) is 7.00. The summed E-state index contributed by atoms with van der Waals surface area (Å²) in [6.45, 7) is 5.93. The van der Waals surface area contributed by atoms with Gasteiger partial charge in [-0.2, -0.15) is 5.10 Å². The van der Waals surface area contributed by atoms with Gasteiger partial charge in [0, 0.05) is 25.4 Å². The third kappa shape index (κ3) is 4.02. The van der Waals surface area contributed by atoms with E-state index < -0.39 is 5.41 Å². The van der Waals surface area contributed by atoms with E-state index in [1.165, 1.54) is 0 Å². The van der Waals surface area contributed by atoms with Crippen molar-refractivity contribution in [2.45, 2.75) is 26.8 Å². The summed E-state index contributed by atoms with van der Waals surface area (Å²) in [7, 11) is 1.85. The Morgan fingerprint density at radius 2 is 2.24 bits per heavy atom. The number of halogens is 1. The predicted molar refractivity (Wildman–Crippen MR) is 69.8 cm³/mol. The van der Waals surface area contributed by atoms with Crippen molar-refractivity contribution in [2.24, 2.45) is 18.2 Å². The Bertz CT molecular complexity index is 375. The first-order valence-electron chi connectivity index (χ1n) is 5.36. The second-order valence-corrected chi connectivity index (χ2v) is 4.73. The largest absolute Gasteiger partial charge is 0.349 e. The first-order chi connectivity index (χ1) is 7.36. The van der Waals surface area contributed by atoms with Crippen LogP contribution in [0, 0.1) is 5.41 Å². The van der Waals surface area contributed by atoms with E-state index in [2.05, 4.69) is 10.4 Å². The van der Waals surface area contributed by atoms with Crippen LogP contribution in [0.5, 0.6) is 0 Å². The van der Waals surface area contributed by atoms with Crippen LogP contribution >= 0.6 is 12.4 Å². The van der Waals surface area contributed by atoms with E-state index in [0.29, 0.717) is 6.54 Å². The molecule has 5 nitrogen and oxygen atoms in total. The second kappa shape index (κ2) is 6.02. The van der Waals surface area contributed by atoms with Gasteiger partial charge in [-0.15, -0.1) is 12.4 Å². The Morgan fingerprint density at radius 1 is 1.65 bits per heavy atom. The molecule has 0 aliphatic heterocycles. The Morgan fingerprint density at radius 3 is 2.65 bits per heavy atom. The van der Waals surface area contributed by atoms with Crippen LogP contribution in [-0.2, 0) is 11.8 Å². The smallest absolute Gasteiger partial charge is 0.227 e. The zero-order valence-corrected chi connectivity index (χ0v) is 11.5. The molecule has 0 saturated carbocycles. The van der Waals surface area contributed by atoms with E-state index in [1.807, 2.05) is 34.0 Å². The van der Waals surface area contributed by atoms with Gasteiger partial charge < -0.3 is 11.1 Å². The average Bonchev–Trinajstić information content (AvgIpc) is 2.64. The van der Waals surface area contributed by atoms with Gasteiger partial charge >= 0.3 is 0 Å². The van der Waals surface area contributed by atoms with Crippen molar-refractivity contribution in [2.75, 3.05) is 6.54 Å². The van der Waals surface area contributed by atoms with Gasteiger partial charge in [-0.25, -0.2) is 0 Å². The predicted octanol–water partition coefficient (Wildman–Crippen LogP) is 1.00. The number of nitrogens with one attached hydrogen (secondary N) is 1. The van der Waals surface area contributed by atoms with Gasteiger partial charge in [-0.05, 0) is 20.8 Å². The zero-order chi connectivity index (χ0) is 12.3. The van der Waals surface area contributed by atoms with E-state index >= 15 is 0 Å². The van der Waals surface area contributed by atoms with E-state index in [4.69, 9.17) is 5.73 Å². The van der Waals surface area contributed by atoms with Crippen LogP contribution in [0.25, 0.3) is 0 Å². The molecule has 1 rings (SSSR count). The van der Waals surface area contributed by atoms with Crippen LogP contribution in [0.15, 0.2) is 12.4 Å². The number of carbonyl (C=O) groups excluding carboxylic acids is 1. The molecular weight excluding hydrogens is 240 g/mol. The third-order valence-electron chi connectivity index (χ3n) is 2.70. The summed E-state index contributed by atoms with van der Waals surface area (Å²) in [5.74, 6) is -0.0358. The molecule has 1 atom stereocenters. The summed E-state index contributed by atoms with van der Waals surface area (Å²) in [6.07, 6.45) is 3.64. The van der Waals surface area contributed by atoms with Gasteiger partial charge in [0.1, 0.15) is 0 Å². The highest BCUT2D eigenvalue weighted by Crippen LogP contribution is 2.16. The Labute approximate surface area is 108 Å². The topological polar surface area (TPSA) is 72.9 Å². The Hall–Kier alpha value is -1.07. The third-order valence-corrected chi connectivity index (χ3v) is 2.70. The summed E-state index contributed by atoms with van der Waals surface area (Å²) < 4.78 is 1.71. The molecule has 0 aliphatic carbocycles. The van der Waals surface area contributed by atoms with Crippen LogP contribution in [0.4, 0.5) is 0 Å². The molecule has 0 aliphatic rings. The van der Waals surface area contributed by atoms with E-state index in [-0.39, 0.29) is 24.4 Å². The average molecular weight is 261 g/mol. The molecule has 98 valence electrons. The highest BCUT2D eigenvalue weighted by molar-refractivity contribution is 5.85. The maximum atomic E-state index is 11.9. The number of nitrogens with two attached hydrogens (primary N) is 1. The number of aryl methyl sites for hydroxylation is 1. The monoisotopic (exact) mass is 260 g/mol. The van der Waals surface area contributed by atoms with E-state index in [1.54, 1.807) is 10.9 Å². The molecule has 1 aromatic heterocycles. The number of nitrogens with zero attached hydrogens (tertiary/aromatic N) is 2. The van der Waals surface area contributed by atoms with Gasteiger partial charge in [0.25, 0.3) is 0 Å². The van der Waals surface area contributed by atoms with Gasteiger partial charge in [0.2, 0.25) is 5.91 Å². The Balaban J connectivity index is 0.00000256. The lowest BCUT2D eigenvalue weighted by molar-refractivity contribution is -0.129. The maximum absolute atomic E-state index is 11.9. The SMILES string of the molecule is CC(NC(=O)C(C)(C)CN)c1cnn(C)c1.Cl. The highest BCUT2D eigenvalue weighted by atomic mass is 35.5. The summed E-state index contributed by atoms with van der Waals surface area (Å²) in [4.78, 5) is 11.9. The molecule has 0 saturated heterocycles. The van der Waals surface area contributed by atoms with Crippen molar-refractivity contribution >= 4 is 18.3 Å². The zero-order valence-electron chi connectivity index (χ0n) is 10.7. The molecule has 1 unspecified atom stereocenters. The number of amides is 1. The van der Waals surface area contributed by atoms with Crippen molar-refractivity contribution in [3.8, 4) is 0 Å². The first-order valence-corrected chi connectivity index (χ1v) is 5.36. The molecule has 3 N–H and O–H groups in total. The van der Waals surface area contributed by atoms with E-state index in [9.17, 15) is 4.79 Å². The summed E-state index contributed by atoms with van der Waals surface area (Å²) in [6, 6.07) is -0.0491. The lowest BCUT2D eigenvalue weighted by atomic mass is 9.92. The normalized spacial score (nSPS) is 12.8. The summed E-state index contributed by atoms with van der Waals surface area (Å²) >= 11 is 0. The molecule has 1 heterocycles. The van der Waals surface area contributed by atoms with E-state index in [0.717, 1.165) is 5.56 Å². The van der Waals surface area contributed by atoms with Gasteiger partial charge in [0.05, 0.1) is 17.7 Å². The number of aromatic nitrogens is 2. The van der Waals surface area contributed by atoms with Crippen LogP contribution in [-0.4, -0.2) is 22.2 Å². The number of hydrogen-bond donors (Lipinski definition) is 2. The number of rotatable bonds is 4. The fraction of sp³-hybridized carbons (Fsp3) is 0.636. The maximum Gasteiger partial charge on any atom is 0.227 e. The van der Waals surface area contributed by atoms with Crippen molar-refractivity contribution in [1.82, 2.24) is 15.1 Å². The van der Waals surface area contributed by atoms with Gasteiger partial charge in [-0.3, -0.25) is 9.48 Å². The minimum absolute atomic E-state index is 0. The Kier molecular flexibility index (Phi) is 5.64. The lowest BCUT2D eigenvalue weighted by Crippen LogP contribution is -2.42. The highest BCUT2D eigenvalue weighted by Gasteiger charge is 2.27. The molecule has 0 fully saturated rings. The first kappa shape index (κ1) is 15.9. The fourth-order valence-electron chi connectivity index (χ4n) is 1.23. The van der Waals surface area contributed by atoms with Crippen molar-refractivity contribution < 1.29 is 4.79 Å². The molecule has 1 amide bonds. The molecule has 0 aromatic carbocycles. The molecular formula is C11H21ClN4O. The minimum atomic E-state index is -0.531. The molecule has 1 aromatic rings. The molecule has 0 spiro atoms. The van der Waals surface area contributed by atoms with Crippen LogP contribution in [0.2, 0.25) is 0 Å². The summed E-state index contributed by atoms with van der Waals surface area (Å²) in [5.41, 5.74) is 6.01. The lowest BCUT2D eigenvalue weighted by Gasteiger charge is -2.23. The fourth-order valence-corrected chi connectivity index (χ4v) is 1.23. The standard InChI is InChI=1S/C11H20N4O.ClH/c1-8(9-5-13-15(4)6-9)14-10(16)11(2,3)7-12;/h5-6,8H,7,12H2,1-4H3,(H,14,16);1H.